The Labute approximate surface area is 260 Å². The van der Waals surface area contributed by atoms with E-state index in [-0.39, 0.29) is 18.0 Å². The van der Waals surface area contributed by atoms with Gasteiger partial charge in [-0.2, -0.15) is 0 Å². The minimum atomic E-state index is -0.415. The highest BCUT2D eigenvalue weighted by Crippen LogP contribution is 2.38. The summed E-state index contributed by atoms with van der Waals surface area (Å²) in [5.41, 5.74) is 6.05. The van der Waals surface area contributed by atoms with Crippen molar-refractivity contribution in [1.29, 1.82) is 0 Å². The van der Waals surface area contributed by atoms with Crippen LogP contribution >= 0.6 is 0 Å². The first-order valence-corrected chi connectivity index (χ1v) is 14.9. The van der Waals surface area contributed by atoms with E-state index < -0.39 is 11.4 Å². The maximum absolute atomic E-state index is 13.2. The highest BCUT2D eigenvalue weighted by Gasteiger charge is 2.29. The summed E-state index contributed by atoms with van der Waals surface area (Å²) in [4.78, 5) is 24.6. The number of carbonyl (C=O) groups excluding carboxylic acids is 2. The summed E-state index contributed by atoms with van der Waals surface area (Å²) in [6, 6.07) is 27.0. The molecular weight excluding hydrogens is 552 g/mol. The van der Waals surface area contributed by atoms with Crippen molar-refractivity contribution >= 4 is 11.9 Å². The predicted molar refractivity (Wildman–Crippen MR) is 173 cm³/mol. The van der Waals surface area contributed by atoms with Crippen LogP contribution in [-0.4, -0.2) is 30.8 Å². The molecule has 0 aromatic heterocycles. The molecule has 4 aromatic rings. The Hall–Kier alpha value is -4.42. The smallest absolute Gasteiger partial charge is 0.343 e. The highest BCUT2D eigenvalue weighted by atomic mass is 16.5. The summed E-state index contributed by atoms with van der Waals surface area (Å²) < 4.78 is 16.4. The Morgan fingerprint density at radius 1 is 0.705 bits per heavy atom. The maximum atomic E-state index is 13.2. The highest BCUT2D eigenvalue weighted by molar-refractivity contribution is 5.92. The zero-order valence-electron chi connectivity index (χ0n) is 26.7. The van der Waals surface area contributed by atoms with Gasteiger partial charge in [0.25, 0.3) is 0 Å². The first-order valence-electron chi connectivity index (χ1n) is 14.9. The molecule has 0 spiro atoms. The standard InChI is InChI=1S/C38H42O6/c1-25-23-30(37(4,5)31-14-20-35(42-7)26(2)24-31)13-19-34(25)36(41)44-33-17-11-29(12-18-33)38(6,21-8-22-39)28-9-15-32(16-10-28)43-27(3)40/h9-20,23-24,39H,8,21-22H2,1-7H3. The molecule has 0 radical (unpaired) electrons. The number of benzene rings is 4. The van der Waals surface area contributed by atoms with Crippen LogP contribution < -0.4 is 14.2 Å². The van der Waals surface area contributed by atoms with Gasteiger partial charge in [-0.25, -0.2) is 4.79 Å². The molecule has 0 heterocycles. The maximum Gasteiger partial charge on any atom is 0.343 e. The van der Waals surface area contributed by atoms with Crippen molar-refractivity contribution in [3.63, 3.8) is 0 Å². The van der Waals surface area contributed by atoms with Gasteiger partial charge in [0.05, 0.1) is 12.7 Å². The van der Waals surface area contributed by atoms with E-state index in [9.17, 15) is 14.7 Å². The molecule has 1 unspecified atom stereocenters. The van der Waals surface area contributed by atoms with Gasteiger partial charge in [0.15, 0.2) is 0 Å². The number of aliphatic hydroxyl groups is 1. The Kier molecular flexibility index (Phi) is 9.95. The van der Waals surface area contributed by atoms with Crippen LogP contribution in [0.15, 0.2) is 84.9 Å². The topological polar surface area (TPSA) is 82.1 Å². The third kappa shape index (κ3) is 7.03. The minimum absolute atomic E-state index is 0.0753. The van der Waals surface area contributed by atoms with Gasteiger partial charge in [0.1, 0.15) is 17.2 Å². The molecular formula is C38H42O6. The number of rotatable bonds is 11. The fourth-order valence-corrected chi connectivity index (χ4v) is 5.71. The molecule has 6 heteroatoms. The van der Waals surface area contributed by atoms with Crippen molar-refractivity contribution in [3.8, 4) is 17.2 Å². The van der Waals surface area contributed by atoms with Gasteiger partial charge < -0.3 is 19.3 Å². The second-order valence-electron chi connectivity index (χ2n) is 12.0. The molecule has 0 saturated carbocycles. The van der Waals surface area contributed by atoms with Gasteiger partial charge in [-0.15, -0.1) is 0 Å². The fraction of sp³-hybridized carbons (Fsp3) is 0.316. The number of ether oxygens (including phenoxy) is 3. The second-order valence-corrected chi connectivity index (χ2v) is 12.0. The molecule has 1 N–H and O–H groups in total. The third-order valence-electron chi connectivity index (χ3n) is 8.57. The van der Waals surface area contributed by atoms with E-state index in [2.05, 4.69) is 39.0 Å². The summed E-state index contributed by atoms with van der Waals surface area (Å²) >= 11 is 0. The number of hydrogen-bond donors (Lipinski definition) is 1. The lowest BCUT2D eigenvalue weighted by atomic mass is 9.73. The SMILES string of the molecule is COc1ccc(C(C)(C)c2ccc(C(=O)Oc3ccc(C(C)(CCCO)c4ccc(OC(C)=O)cc4)cc3)c(C)c2)cc1C. The van der Waals surface area contributed by atoms with Crippen LogP contribution in [0.1, 0.15) is 84.3 Å². The number of aryl methyl sites for hydroxylation is 2. The van der Waals surface area contributed by atoms with Crippen molar-refractivity contribution in [2.45, 2.75) is 65.2 Å². The summed E-state index contributed by atoms with van der Waals surface area (Å²) in [6.07, 6.45) is 1.32. The molecule has 0 aliphatic heterocycles. The van der Waals surface area contributed by atoms with Gasteiger partial charge in [-0.05, 0) is 96.5 Å². The summed E-state index contributed by atoms with van der Waals surface area (Å²) in [5.74, 6) is 1.01. The average Bonchev–Trinajstić information content (AvgIpc) is 3.00. The van der Waals surface area contributed by atoms with Crippen molar-refractivity contribution in [3.05, 3.63) is 124 Å². The fourth-order valence-electron chi connectivity index (χ4n) is 5.71. The quantitative estimate of drug-likeness (QED) is 0.141. The Balaban J connectivity index is 1.52. The van der Waals surface area contributed by atoms with E-state index in [1.165, 1.54) is 6.92 Å². The number of hydrogen-bond acceptors (Lipinski definition) is 6. The first kappa shape index (κ1) is 32.5. The van der Waals surface area contributed by atoms with Crippen LogP contribution in [0.3, 0.4) is 0 Å². The molecule has 4 aromatic carbocycles. The Bertz CT molecular complexity index is 1620. The molecule has 6 nitrogen and oxygen atoms in total. The summed E-state index contributed by atoms with van der Waals surface area (Å²) in [5, 5.41) is 9.57. The Morgan fingerprint density at radius 2 is 1.20 bits per heavy atom. The van der Waals surface area contributed by atoms with Gasteiger partial charge in [-0.3, -0.25) is 4.79 Å². The monoisotopic (exact) mass is 594 g/mol. The zero-order valence-corrected chi connectivity index (χ0v) is 26.7. The van der Waals surface area contributed by atoms with Crippen LogP contribution in [0.4, 0.5) is 0 Å². The van der Waals surface area contributed by atoms with Gasteiger partial charge in [0, 0.05) is 24.4 Å². The first-order chi connectivity index (χ1) is 20.9. The molecule has 4 rings (SSSR count). The summed E-state index contributed by atoms with van der Waals surface area (Å²) in [7, 11) is 1.67. The number of esters is 2. The van der Waals surface area contributed by atoms with E-state index in [4.69, 9.17) is 14.2 Å². The molecule has 0 fully saturated rings. The normalized spacial score (nSPS) is 12.7. The molecule has 0 bridgehead atoms. The van der Waals surface area contributed by atoms with E-state index in [1.807, 2.05) is 56.3 Å². The lowest BCUT2D eigenvalue weighted by molar-refractivity contribution is -0.131. The molecule has 1 atom stereocenters. The zero-order chi connectivity index (χ0) is 32.1. The number of aliphatic hydroxyl groups excluding tert-OH is 1. The van der Waals surface area contributed by atoms with Crippen molar-refractivity contribution in [1.82, 2.24) is 0 Å². The lowest BCUT2D eigenvalue weighted by Crippen LogP contribution is -2.24. The number of methoxy groups -OCH3 is 1. The minimum Gasteiger partial charge on any atom is -0.496 e. The van der Waals surface area contributed by atoms with Crippen LogP contribution in [0.5, 0.6) is 17.2 Å². The molecule has 0 amide bonds. The van der Waals surface area contributed by atoms with Crippen molar-refractivity contribution in [2.75, 3.05) is 13.7 Å². The van der Waals surface area contributed by atoms with E-state index in [0.29, 0.717) is 29.9 Å². The van der Waals surface area contributed by atoms with Gasteiger partial charge >= 0.3 is 11.9 Å². The number of carbonyl (C=O) groups is 2. The van der Waals surface area contributed by atoms with Gasteiger partial charge in [0.2, 0.25) is 0 Å². The largest absolute Gasteiger partial charge is 0.496 e. The third-order valence-corrected chi connectivity index (χ3v) is 8.57. The van der Waals surface area contributed by atoms with Crippen LogP contribution in [0, 0.1) is 13.8 Å². The molecule has 44 heavy (non-hydrogen) atoms. The van der Waals surface area contributed by atoms with Crippen LogP contribution in [0.2, 0.25) is 0 Å². The summed E-state index contributed by atoms with van der Waals surface area (Å²) in [6.45, 7) is 11.9. The van der Waals surface area contributed by atoms with E-state index in [0.717, 1.165) is 39.1 Å². The Morgan fingerprint density at radius 3 is 1.68 bits per heavy atom. The van der Waals surface area contributed by atoms with E-state index >= 15 is 0 Å². The lowest BCUT2D eigenvalue weighted by Gasteiger charge is -2.31. The van der Waals surface area contributed by atoms with Crippen LogP contribution in [-0.2, 0) is 15.6 Å². The predicted octanol–water partition coefficient (Wildman–Crippen LogP) is 7.86. The molecule has 0 aliphatic carbocycles. The van der Waals surface area contributed by atoms with Crippen LogP contribution in [0.25, 0.3) is 0 Å². The molecule has 0 saturated heterocycles. The average molecular weight is 595 g/mol. The second kappa shape index (κ2) is 13.5. The molecule has 0 aliphatic rings. The van der Waals surface area contributed by atoms with E-state index in [1.54, 1.807) is 31.4 Å². The molecule has 230 valence electrons. The van der Waals surface area contributed by atoms with Gasteiger partial charge in [-0.1, -0.05) is 69.3 Å². The van der Waals surface area contributed by atoms with Crippen molar-refractivity contribution < 1.29 is 28.9 Å². The van der Waals surface area contributed by atoms with Crippen molar-refractivity contribution in [2.24, 2.45) is 0 Å².